The molecule has 652 valence electrons. The summed E-state index contributed by atoms with van der Waals surface area (Å²) in [6.45, 7) is 0. The van der Waals surface area contributed by atoms with E-state index in [-0.39, 0.29) is 0 Å². The highest BCUT2D eigenvalue weighted by Crippen LogP contribution is 2.40. The van der Waals surface area contributed by atoms with Crippen LogP contribution >= 0.6 is 163 Å². The maximum atomic E-state index is 5.40. The van der Waals surface area contributed by atoms with Gasteiger partial charge in [0.15, 0.2) is 0 Å². The lowest BCUT2D eigenvalue weighted by molar-refractivity contribution is 1.72. The molecule has 0 unspecified atom stereocenters. The smallest absolute Gasteiger partial charge is 0.0760 e. The molecule has 0 saturated heterocycles. The molecule has 26 aromatic rings. The minimum absolute atomic E-state index is 0.639. The first-order valence-corrected chi connectivity index (χ1v) is 50.7. The molecule has 0 aliphatic carbocycles. The van der Waals surface area contributed by atoms with Crippen molar-refractivity contribution in [3.8, 4) is 0 Å². The van der Waals surface area contributed by atoms with Crippen LogP contribution in [0.4, 0.5) is 0 Å². The fourth-order valence-electron chi connectivity index (χ4n) is 18.0. The van der Waals surface area contributed by atoms with Crippen molar-refractivity contribution >= 4 is 374 Å². The Morgan fingerprint density at radius 3 is 0.772 bits per heavy atom. The van der Waals surface area contributed by atoms with E-state index in [0.717, 1.165) is 31.2 Å². The molecule has 0 spiro atoms. The maximum Gasteiger partial charge on any atom is 0.0760 e. The molecule has 26 aromatic carbocycles. The van der Waals surface area contributed by atoms with Crippen molar-refractivity contribution in [2.24, 2.45) is 0 Å². The Hall–Kier alpha value is -11.9. The molecular weight excluding hydrogens is 2070 g/mol. The minimum atomic E-state index is 0.639. The quantitative estimate of drug-likeness (QED) is 0.0787. The van der Waals surface area contributed by atoms with Gasteiger partial charge >= 0.3 is 0 Å². The lowest BCUT2D eigenvalue weighted by Crippen LogP contribution is -1.93. The third kappa shape index (κ3) is 20.7. The highest BCUT2D eigenvalue weighted by Gasteiger charge is 2.15. The average molecular weight is 2150 g/mol. The van der Waals surface area contributed by atoms with Gasteiger partial charge in [-0.05, 0) is 353 Å². The van der Waals surface area contributed by atoms with Crippen LogP contribution in [0, 0.1) is 0 Å². The molecule has 0 aromatic heterocycles. The molecule has 0 aliphatic heterocycles. The second-order valence-corrected chi connectivity index (χ2v) is 41.1. The van der Waals surface area contributed by atoms with Crippen molar-refractivity contribution < 1.29 is 0 Å². The molecule has 0 atom stereocenters. The van der Waals surface area contributed by atoms with Crippen molar-refractivity contribution in [1.82, 2.24) is 0 Å². The van der Waals surface area contributed by atoms with Crippen molar-refractivity contribution in [2.45, 2.75) is 0 Å². The Bertz CT molecular complexity index is 9040. The van der Waals surface area contributed by atoms with Gasteiger partial charge < -0.3 is 0 Å². The van der Waals surface area contributed by atoms with E-state index in [9.17, 15) is 0 Å². The predicted molar refractivity (Wildman–Crippen MR) is 640 cm³/mol. The summed E-state index contributed by atoms with van der Waals surface area (Å²) in [7, 11) is 0. The molecule has 0 saturated carbocycles. The Balaban J connectivity index is 0.0000000999. The number of rotatable bonds is 4. The van der Waals surface area contributed by atoms with Gasteiger partial charge in [-0.3, -0.25) is 0 Å². The molecule has 0 fully saturated rings. The lowest BCUT2D eigenvalue weighted by Gasteiger charge is -2.11. The molecule has 0 nitrogen and oxygen atoms in total. The van der Waals surface area contributed by atoms with Crippen molar-refractivity contribution in [3.05, 3.63) is 501 Å². The highest BCUT2D eigenvalue weighted by atomic mass is 79.9. The Morgan fingerprint density at radius 2 is 0.390 bits per heavy atom. The van der Waals surface area contributed by atoms with Crippen molar-refractivity contribution in [3.63, 3.8) is 0 Å². The summed E-state index contributed by atoms with van der Waals surface area (Å²) < 4.78 is 7.25. The van der Waals surface area contributed by atoms with Gasteiger partial charge in [0, 0.05) is 34.6 Å². The number of fused-ring (bicyclic) bond motifs is 18. The molecule has 0 aliphatic rings. The molecule has 12 heteroatoms. The molecule has 0 radical (unpaired) electrons. The monoisotopic (exact) mass is 2140 g/mol. The predicted octanol–water partition coefficient (Wildman–Crippen LogP) is 39.7. The van der Waals surface area contributed by atoms with E-state index in [1.165, 1.54) is 203 Å². The third-order valence-electron chi connectivity index (χ3n) is 24.6. The molecule has 0 amide bonds. The van der Waals surface area contributed by atoms with Crippen LogP contribution in [-0.2, 0) is 0 Å². The van der Waals surface area contributed by atoms with Crippen molar-refractivity contribution in [1.29, 1.82) is 0 Å². The maximum absolute atomic E-state index is 5.40. The summed E-state index contributed by atoms with van der Waals surface area (Å²) in [6, 6.07) is 161. The van der Waals surface area contributed by atoms with E-state index in [0.29, 0.717) is 16.8 Å². The number of thiol groups is 4. The third-order valence-corrected chi connectivity index (χ3v) is 29.3. The van der Waals surface area contributed by atoms with Gasteiger partial charge in [0.1, 0.15) is 0 Å². The van der Waals surface area contributed by atoms with E-state index >= 15 is 0 Å². The number of hydrogen-bond donors (Lipinski definition) is 4. The van der Waals surface area contributed by atoms with Crippen LogP contribution in [0.3, 0.4) is 0 Å². The fraction of sp³-hybridized carbons (Fsp3) is 0. The normalized spacial score (nSPS) is 11.1. The minimum Gasteiger partial charge on any atom is -0.131 e. The van der Waals surface area contributed by atoms with E-state index in [1.807, 2.05) is 48.5 Å². The first kappa shape index (κ1) is 93.1. The summed E-state index contributed by atoms with van der Waals surface area (Å²) >= 11 is 52.8. The van der Waals surface area contributed by atoms with Gasteiger partial charge in [-0.15, -0.1) is 50.5 Å². The van der Waals surface area contributed by atoms with Crippen LogP contribution in [0.5, 0.6) is 0 Å². The van der Waals surface area contributed by atoms with E-state index < -0.39 is 0 Å². The fourth-order valence-corrected chi connectivity index (χ4v) is 21.8. The average Bonchev–Trinajstić information content (AvgIpc) is 0.748. The molecule has 0 heterocycles. The Kier molecular flexibility index (Phi) is 29.0. The van der Waals surface area contributed by atoms with Gasteiger partial charge in [0.2, 0.25) is 0 Å². The zero-order valence-electron chi connectivity index (χ0n) is 72.8. The van der Waals surface area contributed by atoms with E-state index in [1.54, 1.807) is 0 Å². The summed E-state index contributed by atoms with van der Waals surface area (Å²) in [6.07, 6.45) is 0. The summed E-state index contributed by atoms with van der Waals surface area (Å²) in [5.41, 5.74) is 4.17. The van der Waals surface area contributed by atoms with Crippen LogP contribution in [0.25, 0.3) is 194 Å². The number of benzene rings is 26. The standard InChI is InChI=1S/C19H12S2.C18H11Br.3C15H10S2.3C14H9Br/c20-19(21)18-16-8-4-3-7-14(16)10-15-9-12-5-1-2-6-13(12)11-17(15)18;19-18-16-8-4-3-7-14(16)10-15-9-12-5-1-2-6-13(12)11-17(15)18;16-15(17)14-12-7-3-1-5-10(12)9-11-6-2-4-8-13(11)14;16-15(17)13-7-3-6-12-8-10-4-1-2-5-11(10)9-14(12)13;16-15(17)13-6-5-12-7-10-3-1-2-4-11(10)8-14(12)9-13;15-14-12-7-3-1-5-10(12)9-11-6-2-4-8-13(11)14;15-14-7-3-6-12-8-10-4-1-2-5-11(10)9-13(12)14;15-14-6-5-12-7-10-3-1-2-4-11(10)8-13(12)9-14/h1-11H,(H,20,21);1-11H;3*1-9H,(H,16,17);3*1-9H. The Morgan fingerprint density at radius 1 is 0.154 bits per heavy atom. The van der Waals surface area contributed by atoms with E-state index in [2.05, 4.69) is 527 Å². The van der Waals surface area contributed by atoms with Gasteiger partial charge in [0.25, 0.3) is 0 Å². The summed E-state index contributed by atoms with van der Waals surface area (Å²) in [5.74, 6) is 0. The van der Waals surface area contributed by atoms with Crippen LogP contribution in [0.1, 0.15) is 22.3 Å². The van der Waals surface area contributed by atoms with Crippen LogP contribution in [0.2, 0.25) is 0 Å². The van der Waals surface area contributed by atoms with Crippen LogP contribution in [0.15, 0.2) is 479 Å². The van der Waals surface area contributed by atoms with Crippen LogP contribution < -0.4 is 0 Å². The lowest BCUT2D eigenvalue weighted by atomic mass is 9.95. The zero-order valence-corrected chi connectivity index (χ0v) is 86.0. The van der Waals surface area contributed by atoms with Gasteiger partial charge in [-0.1, -0.05) is 420 Å². The largest absolute Gasteiger partial charge is 0.131 e. The highest BCUT2D eigenvalue weighted by molar-refractivity contribution is 9.11. The first-order chi connectivity index (χ1) is 66.4. The Labute approximate surface area is 865 Å². The molecular formula is C124H80Br4S8. The number of thiocarbonyl (C=S) groups is 4. The van der Waals surface area contributed by atoms with Crippen molar-refractivity contribution in [2.75, 3.05) is 0 Å². The van der Waals surface area contributed by atoms with Gasteiger partial charge in [-0.2, -0.15) is 0 Å². The van der Waals surface area contributed by atoms with Gasteiger partial charge in [0.05, 0.1) is 16.8 Å². The molecule has 0 bridgehead atoms. The first-order valence-electron chi connectivity index (χ1n) is 44.1. The van der Waals surface area contributed by atoms with E-state index in [4.69, 9.17) is 48.9 Å². The molecule has 136 heavy (non-hydrogen) atoms. The number of halogens is 4. The second-order valence-electron chi connectivity index (χ2n) is 33.1. The summed E-state index contributed by atoms with van der Waals surface area (Å²) in [5, 5.41) is 44.9. The summed E-state index contributed by atoms with van der Waals surface area (Å²) in [4.78, 5) is 0. The SMILES string of the molecule is Brc1c2ccccc2cc2cc3ccccc3cc12.Brc1c2ccccc2cc2ccccc12.Brc1ccc2cc3ccccc3cc2c1.Brc1cccc2cc3ccccc3cc12.S=C(S)c1c2ccccc2cc2cc3ccccc3cc12.S=C(S)c1c2ccccc2cc2ccccc12.S=C(S)c1ccc2cc3ccccc3cc2c1.S=C(S)c1cccc2cc3ccccc3cc12. The van der Waals surface area contributed by atoms with Crippen LogP contribution in [-0.4, -0.2) is 16.8 Å². The topological polar surface area (TPSA) is 0 Å². The molecule has 0 N–H and O–H groups in total. The molecule has 26 rings (SSSR count). The number of hydrogen-bond acceptors (Lipinski definition) is 4. The zero-order chi connectivity index (χ0) is 93.5. The van der Waals surface area contributed by atoms with Gasteiger partial charge in [-0.25, -0.2) is 0 Å². The second kappa shape index (κ2) is 42.4.